The molecular formula is C12H16Cl2O. The van der Waals surface area contributed by atoms with Crippen molar-refractivity contribution in [1.82, 2.24) is 0 Å². The minimum Gasteiger partial charge on any atom is -0.388 e. The molecule has 0 heterocycles. The summed E-state index contributed by atoms with van der Waals surface area (Å²) in [7, 11) is 0. The quantitative estimate of drug-likeness (QED) is 0.832. The number of halogens is 2. The van der Waals surface area contributed by atoms with E-state index < -0.39 is 6.10 Å². The van der Waals surface area contributed by atoms with Crippen LogP contribution in [0.15, 0.2) is 18.2 Å². The number of aliphatic hydroxyl groups excluding tert-OH is 1. The monoisotopic (exact) mass is 246 g/mol. The molecule has 0 saturated carbocycles. The molecule has 0 amide bonds. The summed E-state index contributed by atoms with van der Waals surface area (Å²) in [6, 6.07) is 5.36. The fraction of sp³-hybridized carbons (Fsp3) is 0.500. The van der Waals surface area contributed by atoms with Gasteiger partial charge in [0, 0.05) is 5.56 Å². The van der Waals surface area contributed by atoms with Crippen molar-refractivity contribution in [3.63, 3.8) is 0 Å². The summed E-state index contributed by atoms with van der Waals surface area (Å²) in [4.78, 5) is 0. The van der Waals surface area contributed by atoms with E-state index in [0.29, 0.717) is 16.0 Å². The van der Waals surface area contributed by atoms with Gasteiger partial charge in [0.2, 0.25) is 0 Å². The number of aliphatic hydroxyl groups is 1. The fourth-order valence-corrected chi connectivity index (χ4v) is 1.89. The lowest BCUT2D eigenvalue weighted by Gasteiger charge is -2.16. The average molecular weight is 247 g/mol. The lowest BCUT2D eigenvalue weighted by molar-refractivity contribution is 0.146. The van der Waals surface area contributed by atoms with Crippen LogP contribution in [-0.4, -0.2) is 5.11 Å². The van der Waals surface area contributed by atoms with Crippen LogP contribution in [0.3, 0.4) is 0 Å². The fourth-order valence-electron chi connectivity index (χ4n) is 1.45. The van der Waals surface area contributed by atoms with Gasteiger partial charge in [-0.05, 0) is 18.4 Å². The molecule has 0 aliphatic carbocycles. The topological polar surface area (TPSA) is 20.2 Å². The molecule has 2 atom stereocenters. The van der Waals surface area contributed by atoms with Crippen molar-refractivity contribution < 1.29 is 5.11 Å². The summed E-state index contributed by atoms with van der Waals surface area (Å²) >= 11 is 11.9. The molecule has 0 aliphatic heterocycles. The highest BCUT2D eigenvalue weighted by Crippen LogP contribution is 2.32. The van der Waals surface area contributed by atoms with Crippen molar-refractivity contribution in [3.05, 3.63) is 33.8 Å². The summed E-state index contributed by atoms with van der Waals surface area (Å²) in [6.07, 6.45) is 1.25. The molecular weight excluding hydrogens is 231 g/mol. The zero-order chi connectivity index (χ0) is 11.4. The molecule has 1 rings (SSSR count). The van der Waals surface area contributed by atoms with E-state index in [0.717, 1.165) is 18.4 Å². The van der Waals surface area contributed by atoms with Crippen LogP contribution in [0, 0.1) is 5.92 Å². The molecule has 0 bridgehead atoms. The molecule has 1 nitrogen and oxygen atoms in total. The van der Waals surface area contributed by atoms with Crippen LogP contribution in [-0.2, 0) is 0 Å². The largest absolute Gasteiger partial charge is 0.388 e. The van der Waals surface area contributed by atoms with Crippen molar-refractivity contribution in [3.8, 4) is 0 Å². The van der Waals surface area contributed by atoms with Crippen molar-refractivity contribution in [1.29, 1.82) is 0 Å². The standard InChI is InChI=1S/C12H16Cl2O/c1-3-8(2)7-11(15)9-5-4-6-10(13)12(9)14/h4-6,8,11,15H,3,7H2,1-2H3. The summed E-state index contributed by atoms with van der Waals surface area (Å²) in [5.74, 6) is 0.482. The summed E-state index contributed by atoms with van der Waals surface area (Å²) in [5, 5.41) is 10.9. The SMILES string of the molecule is CCC(C)CC(O)c1cccc(Cl)c1Cl. The third-order valence-electron chi connectivity index (χ3n) is 2.66. The van der Waals surface area contributed by atoms with Gasteiger partial charge in [0.1, 0.15) is 0 Å². The summed E-state index contributed by atoms with van der Waals surface area (Å²) in [5.41, 5.74) is 0.726. The van der Waals surface area contributed by atoms with Gasteiger partial charge >= 0.3 is 0 Å². The van der Waals surface area contributed by atoms with Crippen LogP contribution in [0.1, 0.15) is 38.4 Å². The zero-order valence-electron chi connectivity index (χ0n) is 9.00. The van der Waals surface area contributed by atoms with Gasteiger partial charge < -0.3 is 5.11 Å². The van der Waals surface area contributed by atoms with Crippen LogP contribution < -0.4 is 0 Å². The molecule has 15 heavy (non-hydrogen) atoms. The molecule has 1 N–H and O–H groups in total. The van der Waals surface area contributed by atoms with E-state index in [-0.39, 0.29) is 0 Å². The Morgan fingerprint density at radius 3 is 2.60 bits per heavy atom. The number of benzene rings is 1. The molecule has 0 saturated heterocycles. The van der Waals surface area contributed by atoms with Crippen molar-refractivity contribution in [2.45, 2.75) is 32.8 Å². The van der Waals surface area contributed by atoms with Crippen molar-refractivity contribution >= 4 is 23.2 Å². The first-order valence-electron chi connectivity index (χ1n) is 5.18. The molecule has 0 fully saturated rings. The average Bonchev–Trinajstić information content (AvgIpc) is 2.21. The molecule has 0 radical (unpaired) electrons. The Labute approximate surface area is 101 Å². The van der Waals surface area contributed by atoms with E-state index in [2.05, 4.69) is 13.8 Å². The molecule has 0 aliphatic rings. The van der Waals surface area contributed by atoms with Gasteiger partial charge in [-0.3, -0.25) is 0 Å². The first-order chi connectivity index (χ1) is 7.06. The Bertz CT molecular complexity index is 325. The molecule has 0 spiro atoms. The van der Waals surface area contributed by atoms with E-state index >= 15 is 0 Å². The molecule has 3 heteroatoms. The molecule has 0 aromatic heterocycles. The number of hydrogen-bond acceptors (Lipinski definition) is 1. The lowest BCUT2D eigenvalue weighted by atomic mass is 9.96. The maximum atomic E-state index is 9.98. The van der Waals surface area contributed by atoms with E-state index in [1.165, 1.54) is 0 Å². The summed E-state index contributed by atoms with van der Waals surface area (Å²) in [6.45, 7) is 4.22. The summed E-state index contributed by atoms with van der Waals surface area (Å²) < 4.78 is 0. The van der Waals surface area contributed by atoms with Crippen LogP contribution in [0.4, 0.5) is 0 Å². The normalized spacial score (nSPS) is 15.0. The van der Waals surface area contributed by atoms with Crippen LogP contribution in [0.2, 0.25) is 10.0 Å². The molecule has 2 unspecified atom stereocenters. The van der Waals surface area contributed by atoms with Crippen LogP contribution >= 0.6 is 23.2 Å². The number of hydrogen-bond donors (Lipinski definition) is 1. The van der Waals surface area contributed by atoms with Gasteiger partial charge in [-0.1, -0.05) is 55.6 Å². The second kappa shape index (κ2) is 5.74. The molecule has 84 valence electrons. The van der Waals surface area contributed by atoms with Crippen molar-refractivity contribution in [2.75, 3.05) is 0 Å². The highest BCUT2D eigenvalue weighted by atomic mass is 35.5. The Kier molecular flexibility index (Phi) is 4.91. The van der Waals surface area contributed by atoms with E-state index in [4.69, 9.17) is 23.2 Å². The molecule has 1 aromatic rings. The number of rotatable bonds is 4. The minimum absolute atomic E-state index is 0.468. The second-order valence-corrected chi connectivity index (χ2v) is 4.69. The lowest BCUT2D eigenvalue weighted by Crippen LogP contribution is -2.04. The predicted octanol–water partition coefficient (Wildman–Crippen LogP) is 4.46. The van der Waals surface area contributed by atoms with Crippen LogP contribution in [0.25, 0.3) is 0 Å². The van der Waals surface area contributed by atoms with Crippen molar-refractivity contribution in [2.24, 2.45) is 5.92 Å². The first kappa shape index (κ1) is 12.8. The minimum atomic E-state index is -0.522. The van der Waals surface area contributed by atoms with E-state index in [1.807, 2.05) is 12.1 Å². The smallest absolute Gasteiger partial charge is 0.0807 e. The van der Waals surface area contributed by atoms with Gasteiger partial charge in [-0.25, -0.2) is 0 Å². The third kappa shape index (κ3) is 3.37. The van der Waals surface area contributed by atoms with Gasteiger partial charge in [0.15, 0.2) is 0 Å². The second-order valence-electron chi connectivity index (χ2n) is 3.91. The highest BCUT2D eigenvalue weighted by Gasteiger charge is 2.15. The van der Waals surface area contributed by atoms with Gasteiger partial charge in [-0.15, -0.1) is 0 Å². The van der Waals surface area contributed by atoms with Crippen LogP contribution in [0.5, 0.6) is 0 Å². The third-order valence-corrected chi connectivity index (χ3v) is 3.50. The van der Waals surface area contributed by atoms with Gasteiger partial charge in [0.05, 0.1) is 16.1 Å². The Hall–Kier alpha value is -0.240. The van der Waals surface area contributed by atoms with E-state index in [1.54, 1.807) is 6.07 Å². The maximum Gasteiger partial charge on any atom is 0.0807 e. The molecule has 1 aromatic carbocycles. The predicted molar refractivity (Wildman–Crippen MR) is 65.5 cm³/mol. The Morgan fingerprint density at radius 2 is 2.00 bits per heavy atom. The maximum absolute atomic E-state index is 9.98. The zero-order valence-corrected chi connectivity index (χ0v) is 10.5. The van der Waals surface area contributed by atoms with Gasteiger partial charge in [-0.2, -0.15) is 0 Å². The first-order valence-corrected chi connectivity index (χ1v) is 5.93. The Balaban J connectivity index is 2.82. The highest BCUT2D eigenvalue weighted by molar-refractivity contribution is 6.42. The van der Waals surface area contributed by atoms with Gasteiger partial charge in [0.25, 0.3) is 0 Å². The Morgan fingerprint density at radius 1 is 1.33 bits per heavy atom. The van der Waals surface area contributed by atoms with E-state index in [9.17, 15) is 5.11 Å².